The quantitative estimate of drug-likeness (QED) is 0.568. The first-order chi connectivity index (χ1) is 14.0. The van der Waals surface area contributed by atoms with E-state index >= 15 is 0 Å². The zero-order valence-corrected chi connectivity index (χ0v) is 18.4. The van der Waals surface area contributed by atoms with Gasteiger partial charge < -0.3 is 20.3 Å². The first-order valence-corrected chi connectivity index (χ1v) is 10.1. The molecule has 0 saturated carbocycles. The molecule has 3 aromatic heterocycles. The number of fused-ring (bicyclic) bond motifs is 1. The Labute approximate surface area is 176 Å². The molecule has 0 spiro atoms. The fourth-order valence-electron chi connectivity index (χ4n) is 3.12. The predicted molar refractivity (Wildman–Crippen MR) is 120 cm³/mol. The highest BCUT2D eigenvalue weighted by molar-refractivity contribution is 5.93. The van der Waals surface area contributed by atoms with Crippen LogP contribution in [0.3, 0.4) is 0 Å². The maximum absolute atomic E-state index is 13.1. The number of aromatic nitrogens is 4. The van der Waals surface area contributed by atoms with Crippen LogP contribution >= 0.6 is 0 Å². The lowest BCUT2D eigenvalue weighted by molar-refractivity contribution is 0.0737. The number of rotatable bonds is 6. The number of hydrogen-bond donors (Lipinski definition) is 3. The van der Waals surface area contributed by atoms with Gasteiger partial charge in [0, 0.05) is 24.3 Å². The molecule has 160 valence electrons. The van der Waals surface area contributed by atoms with E-state index in [1.807, 2.05) is 46.0 Å². The van der Waals surface area contributed by atoms with Crippen molar-refractivity contribution in [2.45, 2.75) is 65.6 Å². The highest BCUT2D eigenvalue weighted by atomic mass is 16.3. The van der Waals surface area contributed by atoms with E-state index < -0.39 is 5.60 Å². The van der Waals surface area contributed by atoms with E-state index in [0.717, 1.165) is 11.8 Å². The summed E-state index contributed by atoms with van der Waals surface area (Å²) in [6.45, 7) is 12.1. The maximum Gasteiger partial charge on any atom is 0.262 e. The first kappa shape index (κ1) is 21.7. The molecule has 0 atom stereocenters. The molecular weight excluding hydrogens is 380 g/mol. The zero-order chi connectivity index (χ0) is 22.1. The average Bonchev–Trinajstić information content (AvgIpc) is 2.62. The Morgan fingerprint density at radius 2 is 1.83 bits per heavy atom. The molecule has 3 aromatic rings. The van der Waals surface area contributed by atoms with Gasteiger partial charge in [-0.25, -0.2) is 15.0 Å². The van der Waals surface area contributed by atoms with Crippen molar-refractivity contribution in [2.75, 3.05) is 10.6 Å². The zero-order valence-electron chi connectivity index (χ0n) is 18.4. The van der Waals surface area contributed by atoms with Crippen LogP contribution in [0, 0.1) is 0 Å². The number of nitrogens with one attached hydrogen (secondary N) is 2. The minimum absolute atomic E-state index is 0.0634. The second kappa shape index (κ2) is 8.02. The van der Waals surface area contributed by atoms with E-state index in [4.69, 9.17) is 0 Å². The fraction of sp³-hybridized carbons (Fsp3) is 0.455. The first-order valence-electron chi connectivity index (χ1n) is 10.1. The summed E-state index contributed by atoms with van der Waals surface area (Å²) in [7, 11) is 0. The molecule has 0 amide bonds. The second-order valence-corrected chi connectivity index (χ2v) is 8.98. The third-order valence-corrected chi connectivity index (χ3v) is 4.47. The van der Waals surface area contributed by atoms with Gasteiger partial charge in [0.1, 0.15) is 29.4 Å². The molecule has 0 saturated heterocycles. The Bertz CT molecular complexity index is 1110. The summed E-state index contributed by atoms with van der Waals surface area (Å²) in [6, 6.07) is 5.43. The molecule has 8 heteroatoms. The highest BCUT2D eigenvalue weighted by Crippen LogP contribution is 2.27. The molecule has 0 unspecified atom stereocenters. The third kappa shape index (κ3) is 4.94. The van der Waals surface area contributed by atoms with Gasteiger partial charge >= 0.3 is 0 Å². The summed E-state index contributed by atoms with van der Waals surface area (Å²) in [6.07, 6.45) is 4.09. The van der Waals surface area contributed by atoms with Crippen molar-refractivity contribution in [3.63, 3.8) is 0 Å². The standard InChI is InChI=1S/C22H30N6O2/c1-7-9-28-10-8-14-11-17(25-16-12-15(22(5,6)30)23-13-24-16)26-19(18(14)20(28)29)27-21(2,3)4/h8,10-13,30H,7,9H2,1-6H3,(H2,23,24,25,26,27). The van der Waals surface area contributed by atoms with Crippen LogP contribution in [-0.2, 0) is 12.1 Å². The van der Waals surface area contributed by atoms with E-state index in [1.54, 1.807) is 24.5 Å². The van der Waals surface area contributed by atoms with E-state index in [9.17, 15) is 9.90 Å². The van der Waals surface area contributed by atoms with Gasteiger partial charge in [0.05, 0.1) is 11.1 Å². The van der Waals surface area contributed by atoms with Crippen LogP contribution in [0.2, 0.25) is 0 Å². The summed E-state index contributed by atoms with van der Waals surface area (Å²) in [5.41, 5.74) is -0.929. The van der Waals surface area contributed by atoms with Crippen molar-refractivity contribution >= 4 is 28.2 Å². The summed E-state index contributed by atoms with van der Waals surface area (Å²) in [4.78, 5) is 26.1. The smallest absolute Gasteiger partial charge is 0.262 e. The molecule has 0 fully saturated rings. The Morgan fingerprint density at radius 3 is 2.47 bits per heavy atom. The fourth-order valence-corrected chi connectivity index (χ4v) is 3.12. The van der Waals surface area contributed by atoms with Crippen molar-refractivity contribution in [1.29, 1.82) is 0 Å². The number of anilines is 3. The maximum atomic E-state index is 13.1. The lowest BCUT2D eigenvalue weighted by Crippen LogP contribution is -2.29. The van der Waals surface area contributed by atoms with E-state index in [0.29, 0.717) is 35.1 Å². The van der Waals surface area contributed by atoms with Gasteiger partial charge in [-0.2, -0.15) is 0 Å². The summed E-state index contributed by atoms with van der Waals surface area (Å²) in [5.74, 6) is 1.58. The predicted octanol–water partition coefficient (Wildman–Crippen LogP) is 3.78. The molecule has 0 aromatic carbocycles. The molecule has 0 aliphatic rings. The van der Waals surface area contributed by atoms with E-state index in [2.05, 4.69) is 25.6 Å². The van der Waals surface area contributed by atoms with Gasteiger partial charge in [0.15, 0.2) is 0 Å². The summed E-state index contributed by atoms with van der Waals surface area (Å²) < 4.78 is 1.71. The van der Waals surface area contributed by atoms with Gasteiger partial charge in [0.25, 0.3) is 5.56 Å². The van der Waals surface area contributed by atoms with Gasteiger partial charge in [-0.1, -0.05) is 6.92 Å². The van der Waals surface area contributed by atoms with Gasteiger partial charge in [-0.3, -0.25) is 4.79 Å². The molecule has 0 aliphatic carbocycles. The molecule has 3 heterocycles. The number of hydrogen-bond acceptors (Lipinski definition) is 7. The normalized spacial score (nSPS) is 12.2. The van der Waals surface area contributed by atoms with Gasteiger partial charge in [0.2, 0.25) is 0 Å². The number of aryl methyl sites for hydroxylation is 1. The molecular formula is C22H30N6O2. The van der Waals surface area contributed by atoms with Crippen molar-refractivity contribution in [1.82, 2.24) is 19.5 Å². The highest BCUT2D eigenvalue weighted by Gasteiger charge is 2.20. The van der Waals surface area contributed by atoms with Crippen molar-refractivity contribution in [3.8, 4) is 0 Å². The second-order valence-electron chi connectivity index (χ2n) is 8.98. The lowest BCUT2D eigenvalue weighted by Gasteiger charge is -2.23. The molecule has 0 radical (unpaired) electrons. The minimum atomic E-state index is -1.08. The molecule has 3 N–H and O–H groups in total. The largest absolute Gasteiger partial charge is 0.384 e. The monoisotopic (exact) mass is 410 g/mol. The van der Waals surface area contributed by atoms with Crippen LogP contribution in [0.1, 0.15) is 53.7 Å². The average molecular weight is 411 g/mol. The van der Waals surface area contributed by atoms with E-state index in [1.165, 1.54) is 6.33 Å². The van der Waals surface area contributed by atoms with Crippen LogP contribution in [0.15, 0.2) is 35.5 Å². The molecule has 30 heavy (non-hydrogen) atoms. The molecule has 0 bridgehead atoms. The molecule has 0 aliphatic heterocycles. The summed E-state index contributed by atoms with van der Waals surface area (Å²) >= 11 is 0. The Kier molecular flexibility index (Phi) is 5.81. The third-order valence-electron chi connectivity index (χ3n) is 4.47. The van der Waals surface area contributed by atoms with Crippen LogP contribution in [0.4, 0.5) is 17.5 Å². The lowest BCUT2D eigenvalue weighted by atomic mass is 10.1. The van der Waals surface area contributed by atoms with Crippen LogP contribution < -0.4 is 16.2 Å². The Balaban J connectivity index is 2.11. The Morgan fingerprint density at radius 1 is 1.10 bits per heavy atom. The molecule has 8 nitrogen and oxygen atoms in total. The topological polar surface area (TPSA) is 105 Å². The Hall–Kier alpha value is -3.00. The SMILES string of the molecule is CCCn1ccc2cc(Nc3cc(C(C)(C)O)ncn3)nc(NC(C)(C)C)c2c1=O. The number of nitrogens with zero attached hydrogens (tertiary/aromatic N) is 4. The minimum Gasteiger partial charge on any atom is -0.384 e. The number of pyridine rings is 2. The number of aliphatic hydroxyl groups is 1. The summed E-state index contributed by atoms with van der Waals surface area (Å²) in [5, 5.41) is 18.1. The van der Waals surface area contributed by atoms with E-state index in [-0.39, 0.29) is 11.1 Å². The van der Waals surface area contributed by atoms with Crippen LogP contribution in [0.5, 0.6) is 0 Å². The van der Waals surface area contributed by atoms with Crippen molar-refractivity contribution in [2.24, 2.45) is 0 Å². The molecule has 3 rings (SSSR count). The van der Waals surface area contributed by atoms with Crippen LogP contribution in [-0.4, -0.2) is 30.2 Å². The van der Waals surface area contributed by atoms with Crippen LogP contribution in [0.25, 0.3) is 10.8 Å². The van der Waals surface area contributed by atoms with Crippen molar-refractivity contribution < 1.29 is 5.11 Å². The van der Waals surface area contributed by atoms with Crippen molar-refractivity contribution in [3.05, 3.63) is 46.8 Å². The van der Waals surface area contributed by atoms with Gasteiger partial charge in [-0.05, 0) is 58.6 Å². The van der Waals surface area contributed by atoms with Gasteiger partial charge in [-0.15, -0.1) is 0 Å².